The largest absolute Gasteiger partial charge is 0.366 e. The number of rotatable bonds is 4. The molecule has 0 heterocycles. The molecular weight excluding hydrogens is 264 g/mol. The Labute approximate surface area is 123 Å². The van der Waals surface area contributed by atoms with E-state index in [1.807, 2.05) is 18.2 Å². The second-order valence-corrected chi connectivity index (χ2v) is 5.29. The second kappa shape index (κ2) is 5.40. The van der Waals surface area contributed by atoms with Crippen LogP contribution in [0.1, 0.15) is 28.3 Å². The number of nitrogens with two attached hydrogens (primary N) is 1. The molecule has 2 amide bonds. The van der Waals surface area contributed by atoms with Gasteiger partial charge in [0.1, 0.15) is 0 Å². The molecule has 0 unspecified atom stereocenters. The van der Waals surface area contributed by atoms with Gasteiger partial charge in [-0.3, -0.25) is 9.59 Å². The van der Waals surface area contributed by atoms with E-state index in [0.29, 0.717) is 17.2 Å². The van der Waals surface area contributed by atoms with Gasteiger partial charge >= 0.3 is 0 Å². The first-order valence-corrected chi connectivity index (χ1v) is 6.91. The molecule has 0 bridgehead atoms. The zero-order chi connectivity index (χ0) is 14.8. The predicted octanol–water partition coefficient (Wildman–Crippen LogP) is 2.53. The van der Waals surface area contributed by atoms with Crippen molar-refractivity contribution in [3.05, 3.63) is 65.7 Å². The Morgan fingerprint density at radius 2 is 1.67 bits per heavy atom. The van der Waals surface area contributed by atoms with Gasteiger partial charge in [0.25, 0.3) is 0 Å². The molecule has 2 aromatic rings. The molecule has 21 heavy (non-hydrogen) atoms. The molecule has 3 N–H and O–H groups in total. The van der Waals surface area contributed by atoms with Crippen LogP contribution in [0.25, 0.3) is 0 Å². The number of primary amides is 1. The monoisotopic (exact) mass is 280 g/mol. The lowest BCUT2D eigenvalue weighted by molar-refractivity contribution is -0.117. The molecule has 0 aromatic heterocycles. The molecule has 0 radical (unpaired) electrons. The lowest BCUT2D eigenvalue weighted by Crippen LogP contribution is -2.15. The van der Waals surface area contributed by atoms with Gasteiger partial charge in [-0.05, 0) is 42.2 Å². The summed E-state index contributed by atoms with van der Waals surface area (Å²) in [5.74, 6) is -0.103. The van der Waals surface area contributed by atoms with E-state index in [9.17, 15) is 9.59 Å². The summed E-state index contributed by atoms with van der Waals surface area (Å²) < 4.78 is 0. The molecule has 0 spiro atoms. The van der Waals surface area contributed by atoms with Gasteiger partial charge in [-0.1, -0.05) is 30.3 Å². The molecule has 1 aliphatic rings. The molecule has 2 aromatic carbocycles. The van der Waals surface area contributed by atoms with Crippen LogP contribution < -0.4 is 11.1 Å². The molecule has 1 fully saturated rings. The van der Waals surface area contributed by atoms with Crippen LogP contribution in [0.5, 0.6) is 0 Å². The van der Waals surface area contributed by atoms with Gasteiger partial charge in [-0.2, -0.15) is 0 Å². The maximum absolute atomic E-state index is 12.2. The number of nitrogens with one attached hydrogen (secondary N) is 1. The third kappa shape index (κ3) is 2.94. The highest BCUT2D eigenvalue weighted by molar-refractivity contribution is 5.96. The zero-order valence-electron chi connectivity index (χ0n) is 11.5. The van der Waals surface area contributed by atoms with Crippen molar-refractivity contribution in [2.75, 3.05) is 5.32 Å². The summed E-state index contributed by atoms with van der Waals surface area (Å²) in [6.07, 6.45) is 0.884. The molecule has 3 rings (SSSR count). The van der Waals surface area contributed by atoms with Crippen LogP contribution in [0.3, 0.4) is 0 Å². The number of amides is 2. The van der Waals surface area contributed by atoms with Crippen molar-refractivity contribution in [2.24, 2.45) is 11.7 Å². The van der Waals surface area contributed by atoms with Crippen molar-refractivity contribution in [3.8, 4) is 0 Å². The van der Waals surface area contributed by atoms with Gasteiger partial charge in [-0.25, -0.2) is 0 Å². The molecule has 0 aliphatic heterocycles. The van der Waals surface area contributed by atoms with E-state index in [4.69, 9.17) is 5.73 Å². The highest BCUT2D eigenvalue weighted by Gasteiger charge is 2.43. The number of benzene rings is 2. The summed E-state index contributed by atoms with van der Waals surface area (Å²) in [6.45, 7) is 0. The summed E-state index contributed by atoms with van der Waals surface area (Å²) in [6, 6.07) is 16.7. The standard InChI is InChI=1S/C17H16N2O2/c18-16(20)12-6-8-13(9-7-12)19-17(21)15-10-14(15)11-4-2-1-3-5-11/h1-9,14-15H,10H2,(H2,18,20)(H,19,21)/t14-,15+/m1/s1. The molecule has 1 saturated carbocycles. The normalized spacial score (nSPS) is 19.8. The lowest BCUT2D eigenvalue weighted by atomic mass is 10.1. The van der Waals surface area contributed by atoms with E-state index in [0.717, 1.165) is 6.42 Å². The molecule has 2 atom stereocenters. The minimum absolute atomic E-state index is 0.0238. The fourth-order valence-corrected chi connectivity index (χ4v) is 2.51. The summed E-state index contributed by atoms with van der Waals surface area (Å²) in [4.78, 5) is 23.2. The lowest BCUT2D eigenvalue weighted by Gasteiger charge is -2.05. The molecular formula is C17H16N2O2. The average molecular weight is 280 g/mol. The average Bonchev–Trinajstić information content (AvgIpc) is 3.29. The first-order valence-electron chi connectivity index (χ1n) is 6.91. The Balaban J connectivity index is 1.62. The SMILES string of the molecule is NC(=O)c1ccc(NC(=O)[C@H]2C[C@@H]2c2ccccc2)cc1. The third-order valence-electron chi connectivity index (χ3n) is 3.79. The van der Waals surface area contributed by atoms with Gasteiger partial charge in [0.05, 0.1) is 0 Å². The minimum atomic E-state index is -0.473. The molecule has 4 nitrogen and oxygen atoms in total. The first kappa shape index (κ1) is 13.4. The Bertz CT molecular complexity index is 665. The minimum Gasteiger partial charge on any atom is -0.366 e. The van der Waals surface area contributed by atoms with Crippen LogP contribution in [0.15, 0.2) is 54.6 Å². The zero-order valence-corrected chi connectivity index (χ0v) is 11.5. The van der Waals surface area contributed by atoms with Crippen molar-refractivity contribution < 1.29 is 9.59 Å². The Morgan fingerprint density at radius 3 is 2.29 bits per heavy atom. The van der Waals surface area contributed by atoms with Gasteiger partial charge < -0.3 is 11.1 Å². The van der Waals surface area contributed by atoms with Crippen molar-refractivity contribution in [3.63, 3.8) is 0 Å². The van der Waals surface area contributed by atoms with E-state index >= 15 is 0 Å². The van der Waals surface area contributed by atoms with E-state index in [2.05, 4.69) is 17.4 Å². The van der Waals surface area contributed by atoms with Gasteiger partial charge in [0, 0.05) is 17.2 Å². The summed E-state index contributed by atoms with van der Waals surface area (Å²) in [7, 11) is 0. The number of hydrogen-bond acceptors (Lipinski definition) is 2. The van der Waals surface area contributed by atoms with E-state index in [1.165, 1.54) is 5.56 Å². The highest BCUT2D eigenvalue weighted by Crippen LogP contribution is 2.47. The van der Waals surface area contributed by atoms with Gasteiger partial charge in [0.15, 0.2) is 0 Å². The van der Waals surface area contributed by atoms with Crippen molar-refractivity contribution >= 4 is 17.5 Å². The summed E-state index contributed by atoms with van der Waals surface area (Å²) in [5, 5.41) is 2.88. The fraction of sp³-hybridized carbons (Fsp3) is 0.176. The van der Waals surface area contributed by atoms with E-state index in [-0.39, 0.29) is 11.8 Å². The van der Waals surface area contributed by atoms with Crippen LogP contribution in [-0.2, 0) is 4.79 Å². The molecule has 4 heteroatoms. The van der Waals surface area contributed by atoms with Crippen LogP contribution in [0.2, 0.25) is 0 Å². The molecule has 1 aliphatic carbocycles. The van der Waals surface area contributed by atoms with Gasteiger partial charge in [-0.15, -0.1) is 0 Å². The Morgan fingerprint density at radius 1 is 1.00 bits per heavy atom. The first-order chi connectivity index (χ1) is 10.1. The quantitative estimate of drug-likeness (QED) is 0.903. The topological polar surface area (TPSA) is 72.2 Å². The smallest absolute Gasteiger partial charge is 0.248 e. The molecule has 0 saturated heterocycles. The Kier molecular flexibility index (Phi) is 3.44. The number of carbonyl (C=O) groups is 2. The van der Waals surface area contributed by atoms with E-state index in [1.54, 1.807) is 24.3 Å². The van der Waals surface area contributed by atoms with Crippen LogP contribution in [0.4, 0.5) is 5.69 Å². The number of hydrogen-bond donors (Lipinski definition) is 2. The van der Waals surface area contributed by atoms with Crippen molar-refractivity contribution in [1.29, 1.82) is 0 Å². The third-order valence-corrected chi connectivity index (χ3v) is 3.79. The van der Waals surface area contributed by atoms with Crippen molar-refractivity contribution in [2.45, 2.75) is 12.3 Å². The predicted molar refractivity (Wildman–Crippen MR) is 80.9 cm³/mol. The van der Waals surface area contributed by atoms with Crippen LogP contribution >= 0.6 is 0 Å². The van der Waals surface area contributed by atoms with Gasteiger partial charge in [0.2, 0.25) is 11.8 Å². The maximum atomic E-state index is 12.2. The Hall–Kier alpha value is -2.62. The van der Waals surface area contributed by atoms with Crippen molar-refractivity contribution in [1.82, 2.24) is 0 Å². The maximum Gasteiger partial charge on any atom is 0.248 e. The second-order valence-electron chi connectivity index (χ2n) is 5.29. The van der Waals surface area contributed by atoms with Crippen LogP contribution in [-0.4, -0.2) is 11.8 Å². The molecule has 106 valence electrons. The summed E-state index contributed by atoms with van der Waals surface area (Å²) >= 11 is 0. The fourth-order valence-electron chi connectivity index (χ4n) is 2.51. The summed E-state index contributed by atoms with van der Waals surface area (Å²) in [5.41, 5.74) is 7.51. The number of carbonyl (C=O) groups excluding carboxylic acids is 2. The van der Waals surface area contributed by atoms with E-state index < -0.39 is 5.91 Å². The number of anilines is 1. The highest BCUT2D eigenvalue weighted by atomic mass is 16.2. The van der Waals surface area contributed by atoms with Crippen LogP contribution in [0, 0.1) is 5.92 Å².